The Morgan fingerprint density at radius 1 is 1.11 bits per heavy atom. The molecular weight excluding hydrogens is 342 g/mol. The average molecular weight is 363 g/mol. The Morgan fingerprint density at radius 3 is 2.56 bits per heavy atom. The highest BCUT2D eigenvalue weighted by Crippen LogP contribution is 2.34. The van der Waals surface area contributed by atoms with Gasteiger partial charge in [-0.2, -0.15) is 0 Å². The molecule has 2 aromatic carbocycles. The standard InChI is InChI=1S/C20H21N5O2/c1-14-9-10-15(2)17(11-14)23-19-18(25(26)27)20(22-13-21-19)24(3)12-16-7-5-4-6-8-16/h4-11,13H,12H2,1-3H3,(H,21,22,23). The molecule has 0 fully saturated rings. The summed E-state index contributed by atoms with van der Waals surface area (Å²) in [7, 11) is 1.78. The van der Waals surface area contributed by atoms with Crippen molar-refractivity contribution in [2.45, 2.75) is 20.4 Å². The molecule has 3 rings (SSSR count). The first kappa shape index (κ1) is 18.3. The van der Waals surface area contributed by atoms with Crippen LogP contribution in [0.1, 0.15) is 16.7 Å². The molecule has 0 radical (unpaired) electrons. The topological polar surface area (TPSA) is 84.2 Å². The van der Waals surface area contributed by atoms with Crippen LogP contribution in [0.25, 0.3) is 0 Å². The first-order valence-corrected chi connectivity index (χ1v) is 8.54. The van der Waals surface area contributed by atoms with E-state index in [2.05, 4.69) is 15.3 Å². The van der Waals surface area contributed by atoms with Gasteiger partial charge < -0.3 is 10.2 Å². The highest BCUT2D eigenvalue weighted by atomic mass is 16.6. The molecule has 1 heterocycles. The molecule has 27 heavy (non-hydrogen) atoms. The maximum Gasteiger partial charge on any atom is 0.353 e. The molecule has 1 aromatic heterocycles. The summed E-state index contributed by atoms with van der Waals surface area (Å²) in [6, 6.07) is 15.6. The highest BCUT2D eigenvalue weighted by Gasteiger charge is 2.26. The Morgan fingerprint density at radius 2 is 1.85 bits per heavy atom. The predicted octanol–water partition coefficient (Wildman–Crippen LogP) is 4.38. The third-order valence-corrected chi connectivity index (χ3v) is 4.26. The largest absolute Gasteiger partial charge is 0.353 e. The van der Waals surface area contributed by atoms with Crippen molar-refractivity contribution in [2.75, 3.05) is 17.3 Å². The molecule has 7 nitrogen and oxygen atoms in total. The van der Waals surface area contributed by atoms with Crippen molar-refractivity contribution >= 4 is 23.0 Å². The first-order valence-electron chi connectivity index (χ1n) is 8.54. The molecule has 0 aliphatic heterocycles. The highest BCUT2D eigenvalue weighted by molar-refractivity contribution is 5.75. The van der Waals surface area contributed by atoms with Gasteiger partial charge in [0.15, 0.2) is 0 Å². The third-order valence-electron chi connectivity index (χ3n) is 4.26. The maximum atomic E-state index is 11.8. The summed E-state index contributed by atoms with van der Waals surface area (Å²) in [5, 5.41) is 14.9. The van der Waals surface area contributed by atoms with Crippen LogP contribution in [0.15, 0.2) is 54.9 Å². The average Bonchev–Trinajstić information content (AvgIpc) is 2.65. The van der Waals surface area contributed by atoms with Crippen LogP contribution >= 0.6 is 0 Å². The van der Waals surface area contributed by atoms with Gasteiger partial charge in [0.2, 0.25) is 11.6 Å². The van der Waals surface area contributed by atoms with E-state index in [1.54, 1.807) is 11.9 Å². The third kappa shape index (κ3) is 4.20. The number of hydrogen-bond acceptors (Lipinski definition) is 6. The number of benzene rings is 2. The number of anilines is 3. The summed E-state index contributed by atoms with van der Waals surface area (Å²) < 4.78 is 0. The van der Waals surface area contributed by atoms with Crippen molar-refractivity contribution < 1.29 is 4.92 Å². The van der Waals surface area contributed by atoms with Crippen molar-refractivity contribution in [3.8, 4) is 0 Å². The normalized spacial score (nSPS) is 10.5. The van der Waals surface area contributed by atoms with Crippen LogP contribution in [0.4, 0.5) is 23.0 Å². The molecule has 0 unspecified atom stereocenters. The lowest BCUT2D eigenvalue weighted by Crippen LogP contribution is -2.20. The van der Waals surface area contributed by atoms with E-state index < -0.39 is 4.92 Å². The van der Waals surface area contributed by atoms with Gasteiger partial charge in [-0.1, -0.05) is 42.5 Å². The van der Waals surface area contributed by atoms with Gasteiger partial charge in [0.25, 0.3) is 0 Å². The van der Waals surface area contributed by atoms with E-state index in [1.807, 2.05) is 62.4 Å². The van der Waals surface area contributed by atoms with Crippen molar-refractivity contribution in [3.05, 3.63) is 81.7 Å². The number of aromatic nitrogens is 2. The minimum atomic E-state index is -0.440. The van der Waals surface area contributed by atoms with Gasteiger partial charge in [-0.05, 0) is 36.6 Å². The number of hydrogen-bond donors (Lipinski definition) is 1. The van der Waals surface area contributed by atoms with Crippen LogP contribution in [-0.2, 0) is 6.54 Å². The lowest BCUT2D eigenvalue weighted by molar-refractivity contribution is -0.383. The second-order valence-electron chi connectivity index (χ2n) is 6.44. The van der Waals surface area contributed by atoms with Gasteiger partial charge in [-0.25, -0.2) is 9.97 Å². The molecule has 0 saturated carbocycles. The van der Waals surface area contributed by atoms with Crippen LogP contribution in [0.5, 0.6) is 0 Å². The Bertz CT molecular complexity index is 960. The zero-order valence-corrected chi connectivity index (χ0v) is 15.5. The molecule has 0 aliphatic rings. The molecule has 1 N–H and O–H groups in total. The van der Waals surface area contributed by atoms with Crippen LogP contribution in [0.2, 0.25) is 0 Å². The van der Waals surface area contributed by atoms with Crippen LogP contribution in [-0.4, -0.2) is 21.9 Å². The molecule has 0 saturated heterocycles. The fourth-order valence-corrected chi connectivity index (χ4v) is 2.84. The van der Waals surface area contributed by atoms with Crippen LogP contribution in [0, 0.1) is 24.0 Å². The second-order valence-corrected chi connectivity index (χ2v) is 6.44. The Hall–Kier alpha value is -3.48. The van der Waals surface area contributed by atoms with Gasteiger partial charge in [0.1, 0.15) is 6.33 Å². The Balaban J connectivity index is 1.97. The molecule has 0 amide bonds. The van der Waals surface area contributed by atoms with Gasteiger partial charge in [-0.15, -0.1) is 0 Å². The summed E-state index contributed by atoms with van der Waals surface area (Å²) in [5.74, 6) is 0.449. The predicted molar refractivity (Wildman–Crippen MR) is 106 cm³/mol. The summed E-state index contributed by atoms with van der Waals surface area (Å²) in [6.07, 6.45) is 1.34. The van der Waals surface area contributed by atoms with Crippen molar-refractivity contribution in [1.82, 2.24) is 9.97 Å². The van der Waals surface area contributed by atoms with E-state index in [9.17, 15) is 10.1 Å². The van der Waals surface area contributed by atoms with Crippen molar-refractivity contribution in [3.63, 3.8) is 0 Å². The van der Waals surface area contributed by atoms with E-state index in [1.165, 1.54) is 6.33 Å². The lowest BCUT2D eigenvalue weighted by atomic mass is 10.1. The summed E-state index contributed by atoms with van der Waals surface area (Å²) in [5.41, 5.74) is 3.72. The van der Waals surface area contributed by atoms with Gasteiger partial charge in [0, 0.05) is 19.3 Å². The van der Waals surface area contributed by atoms with Crippen molar-refractivity contribution in [1.29, 1.82) is 0 Å². The van der Waals surface area contributed by atoms with E-state index in [4.69, 9.17) is 0 Å². The number of aryl methyl sites for hydroxylation is 2. The Kier molecular flexibility index (Phi) is 5.30. The van der Waals surface area contributed by atoms with Gasteiger partial charge in [-0.3, -0.25) is 10.1 Å². The number of rotatable bonds is 6. The summed E-state index contributed by atoms with van der Waals surface area (Å²) in [6.45, 7) is 4.41. The molecule has 0 atom stereocenters. The zero-order chi connectivity index (χ0) is 19.4. The minimum absolute atomic E-state index is 0.142. The Labute approximate surface area is 157 Å². The molecule has 0 spiro atoms. The SMILES string of the molecule is Cc1ccc(C)c(Nc2ncnc(N(C)Cc3ccccc3)c2[N+](=O)[O-])c1. The summed E-state index contributed by atoms with van der Waals surface area (Å²) in [4.78, 5) is 21.4. The second kappa shape index (κ2) is 7.82. The molecule has 7 heteroatoms. The monoisotopic (exact) mass is 363 g/mol. The summed E-state index contributed by atoms with van der Waals surface area (Å²) >= 11 is 0. The van der Waals surface area contributed by atoms with Crippen LogP contribution in [0.3, 0.4) is 0 Å². The van der Waals surface area contributed by atoms with E-state index in [-0.39, 0.29) is 17.3 Å². The molecule has 3 aromatic rings. The zero-order valence-electron chi connectivity index (χ0n) is 15.5. The first-order chi connectivity index (χ1) is 13.0. The lowest BCUT2D eigenvalue weighted by Gasteiger charge is -2.19. The number of nitro groups is 1. The molecular formula is C20H21N5O2. The molecule has 0 bridgehead atoms. The van der Waals surface area contributed by atoms with E-state index in [0.29, 0.717) is 6.54 Å². The fraction of sp³-hybridized carbons (Fsp3) is 0.200. The number of nitrogens with one attached hydrogen (secondary N) is 1. The van der Waals surface area contributed by atoms with E-state index >= 15 is 0 Å². The van der Waals surface area contributed by atoms with E-state index in [0.717, 1.165) is 22.4 Å². The maximum absolute atomic E-state index is 11.8. The minimum Gasteiger partial charge on any atom is -0.349 e. The fourth-order valence-electron chi connectivity index (χ4n) is 2.84. The molecule has 0 aliphatic carbocycles. The van der Waals surface area contributed by atoms with Crippen molar-refractivity contribution in [2.24, 2.45) is 0 Å². The number of nitrogens with zero attached hydrogens (tertiary/aromatic N) is 4. The quantitative estimate of drug-likeness (QED) is 0.517. The van der Waals surface area contributed by atoms with Crippen LogP contribution < -0.4 is 10.2 Å². The molecule has 138 valence electrons. The van der Waals surface area contributed by atoms with Gasteiger partial charge in [0.05, 0.1) is 4.92 Å². The van der Waals surface area contributed by atoms with Gasteiger partial charge >= 0.3 is 5.69 Å². The smallest absolute Gasteiger partial charge is 0.349 e.